The summed E-state index contributed by atoms with van der Waals surface area (Å²) in [5, 5.41) is 59.5. The Labute approximate surface area is 259 Å². The van der Waals surface area contributed by atoms with E-state index in [-0.39, 0.29) is 40.4 Å². The maximum absolute atomic E-state index is 9.99. The van der Waals surface area contributed by atoms with Crippen LogP contribution in [0, 0.1) is 13.8 Å². The fraction of sp³-hybridized carbons (Fsp3) is 0.0588. The maximum Gasteiger partial charge on any atom is 0.143 e. The Balaban J connectivity index is 0.000000192. The second-order valence-corrected chi connectivity index (χ2v) is 9.69. The summed E-state index contributed by atoms with van der Waals surface area (Å²) in [6.07, 6.45) is 0. The molecule has 0 heterocycles. The van der Waals surface area contributed by atoms with E-state index in [2.05, 4.69) is 20.5 Å². The van der Waals surface area contributed by atoms with Gasteiger partial charge in [0, 0.05) is 28.1 Å². The van der Waals surface area contributed by atoms with Crippen molar-refractivity contribution >= 4 is 44.3 Å². The fourth-order valence-electron chi connectivity index (χ4n) is 4.33. The van der Waals surface area contributed by atoms with Gasteiger partial charge in [-0.05, 0) is 72.1 Å². The Morgan fingerprint density at radius 2 is 0.791 bits per heavy atom. The summed E-state index contributed by atoms with van der Waals surface area (Å²) in [4.78, 5) is 0. The number of aryl methyl sites for hydroxylation is 2. The maximum atomic E-state index is 9.99. The number of rotatable bonds is 4. The topological polar surface area (TPSA) is 130 Å². The molecule has 4 N–H and O–H groups in total. The van der Waals surface area contributed by atoms with Gasteiger partial charge in [0.25, 0.3) is 0 Å². The normalized spacial score (nSPS) is 11.0. The summed E-state index contributed by atoms with van der Waals surface area (Å²) in [6.45, 7) is 3.82. The SMILES string of the molecule is Cc1ccc(O)c(N=Nc2c(O)ccc3ccccc23)c1.Cc1ccc(O)c(N=Nc2c(O)ccc3ccccc23)c1.[Cr]. The number of azo groups is 2. The molecule has 9 heteroatoms. The number of aromatic hydroxyl groups is 4. The van der Waals surface area contributed by atoms with E-state index in [4.69, 9.17) is 0 Å². The van der Waals surface area contributed by atoms with Crippen molar-refractivity contribution in [3.63, 3.8) is 0 Å². The van der Waals surface area contributed by atoms with Gasteiger partial charge in [-0.1, -0.05) is 72.8 Å². The van der Waals surface area contributed by atoms with Crippen LogP contribution in [0.2, 0.25) is 0 Å². The zero-order valence-electron chi connectivity index (χ0n) is 23.4. The quantitative estimate of drug-likeness (QED) is 0.148. The van der Waals surface area contributed by atoms with Gasteiger partial charge in [-0.3, -0.25) is 0 Å². The molecule has 0 atom stereocenters. The molecule has 0 aliphatic heterocycles. The third-order valence-electron chi connectivity index (χ3n) is 6.54. The van der Waals surface area contributed by atoms with Crippen LogP contribution >= 0.6 is 0 Å². The molecule has 6 aromatic rings. The monoisotopic (exact) mass is 608 g/mol. The Hall–Kier alpha value is -5.23. The van der Waals surface area contributed by atoms with E-state index in [9.17, 15) is 20.4 Å². The summed E-state index contributed by atoms with van der Waals surface area (Å²) in [5.74, 6) is 0.238. The molecule has 214 valence electrons. The Bertz CT molecular complexity index is 1830. The minimum absolute atomic E-state index is 0. The molecule has 6 aromatic carbocycles. The second-order valence-electron chi connectivity index (χ2n) is 9.69. The first-order valence-electron chi connectivity index (χ1n) is 13.1. The minimum atomic E-state index is 0. The van der Waals surface area contributed by atoms with Gasteiger partial charge in [0.1, 0.15) is 45.7 Å². The molecule has 0 spiro atoms. The molecule has 0 saturated carbocycles. The Morgan fingerprint density at radius 1 is 0.419 bits per heavy atom. The molecule has 6 rings (SSSR count). The van der Waals surface area contributed by atoms with Crippen LogP contribution in [-0.2, 0) is 17.4 Å². The summed E-state index contributed by atoms with van der Waals surface area (Å²) in [6, 6.07) is 32.3. The molecule has 0 radical (unpaired) electrons. The van der Waals surface area contributed by atoms with Crippen LogP contribution in [0.15, 0.2) is 130 Å². The average molecular weight is 609 g/mol. The molecule has 43 heavy (non-hydrogen) atoms. The van der Waals surface area contributed by atoms with Crippen molar-refractivity contribution in [1.29, 1.82) is 0 Å². The van der Waals surface area contributed by atoms with Crippen LogP contribution in [-0.4, -0.2) is 20.4 Å². The van der Waals surface area contributed by atoms with E-state index in [0.717, 1.165) is 32.7 Å². The molecule has 0 unspecified atom stereocenters. The van der Waals surface area contributed by atoms with Gasteiger partial charge >= 0.3 is 0 Å². The van der Waals surface area contributed by atoms with Crippen molar-refractivity contribution in [2.45, 2.75) is 13.8 Å². The average Bonchev–Trinajstić information content (AvgIpc) is 2.99. The molecular weight excluding hydrogens is 580 g/mol. The summed E-state index contributed by atoms with van der Waals surface area (Å²) in [7, 11) is 0. The van der Waals surface area contributed by atoms with E-state index in [1.807, 2.05) is 74.5 Å². The van der Waals surface area contributed by atoms with E-state index in [1.54, 1.807) is 48.5 Å². The molecule has 0 aromatic heterocycles. The van der Waals surface area contributed by atoms with Crippen molar-refractivity contribution in [2.75, 3.05) is 0 Å². The minimum Gasteiger partial charge on any atom is -0.506 e. The Kier molecular flexibility index (Phi) is 9.73. The van der Waals surface area contributed by atoms with Crippen LogP contribution in [0.3, 0.4) is 0 Å². The van der Waals surface area contributed by atoms with Crippen LogP contribution < -0.4 is 0 Å². The molecule has 0 bridgehead atoms. The van der Waals surface area contributed by atoms with Gasteiger partial charge in [0.05, 0.1) is 0 Å². The Morgan fingerprint density at radius 3 is 1.21 bits per heavy atom. The first-order chi connectivity index (χ1) is 20.3. The van der Waals surface area contributed by atoms with Crippen molar-refractivity contribution < 1.29 is 37.8 Å². The summed E-state index contributed by atoms with van der Waals surface area (Å²) in [5.41, 5.74) is 3.50. The number of phenolic OH excluding ortho intramolecular Hbond substituents is 4. The largest absolute Gasteiger partial charge is 0.506 e. The molecule has 0 aliphatic carbocycles. The smallest absolute Gasteiger partial charge is 0.143 e. The number of hydrogen-bond donors (Lipinski definition) is 4. The number of benzene rings is 6. The van der Waals surface area contributed by atoms with Gasteiger partial charge < -0.3 is 20.4 Å². The van der Waals surface area contributed by atoms with Gasteiger partial charge in [-0.15, -0.1) is 20.5 Å². The van der Waals surface area contributed by atoms with E-state index in [0.29, 0.717) is 22.7 Å². The van der Waals surface area contributed by atoms with Crippen LogP contribution in [0.1, 0.15) is 11.1 Å². The second kappa shape index (κ2) is 13.6. The number of nitrogens with zero attached hydrogens (tertiary/aromatic N) is 4. The van der Waals surface area contributed by atoms with Gasteiger partial charge in [-0.25, -0.2) is 0 Å². The third kappa shape index (κ3) is 7.17. The predicted octanol–water partition coefficient (Wildman–Crippen LogP) is 9.95. The number of hydrogen-bond acceptors (Lipinski definition) is 8. The molecular formula is C34H28CrN4O4. The van der Waals surface area contributed by atoms with Gasteiger partial charge in [0.2, 0.25) is 0 Å². The zero-order valence-corrected chi connectivity index (χ0v) is 24.7. The molecule has 0 fully saturated rings. The van der Waals surface area contributed by atoms with E-state index >= 15 is 0 Å². The molecule has 0 saturated heterocycles. The van der Waals surface area contributed by atoms with Crippen molar-refractivity contribution in [3.8, 4) is 23.0 Å². The van der Waals surface area contributed by atoms with E-state index in [1.165, 1.54) is 0 Å². The molecule has 0 amide bonds. The van der Waals surface area contributed by atoms with Crippen molar-refractivity contribution in [2.24, 2.45) is 20.5 Å². The number of fused-ring (bicyclic) bond motifs is 2. The van der Waals surface area contributed by atoms with Crippen molar-refractivity contribution in [3.05, 3.63) is 120 Å². The summed E-state index contributed by atoms with van der Waals surface area (Å²) >= 11 is 0. The first-order valence-corrected chi connectivity index (χ1v) is 13.1. The van der Waals surface area contributed by atoms with E-state index < -0.39 is 0 Å². The van der Waals surface area contributed by atoms with Crippen molar-refractivity contribution in [1.82, 2.24) is 0 Å². The van der Waals surface area contributed by atoms with Crippen LogP contribution in [0.5, 0.6) is 23.0 Å². The van der Waals surface area contributed by atoms with Crippen LogP contribution in [0.4, 0.5) is 22.7 Å². The van der Waals surface area contributed by atoms with Gasteiger partial charge in [-0.2, -0.15) is 0 Å². The number of phenols is 4. The standard InChI is InChI=1S/2C17H14N2O2.Cr/c2*1-11-6-8-15(20)14(10-11)18-19-17-13-5-3-2-4-12(13)7-9-16(17)21;/h2*2-10,20-21H,1H3;. The predicted molar refractivity (Wildman–Crippen MR) is 165 cm³/mol. The third-order valence-corrected chi connectivity index (χ3v) is 6.54. The van der Waals surface area contributed by atoms with Crippen LogP contribution in [0.25, 0.3) is 21.5 Å². The molecule has 8 nitrogen and oxygen atoms in total. The molecule has 0 aliphatic rings. The fourth-order valence-corrected chi connectivity index (χ4v) is 4.33. The zero-order chi connectivity index (χ0) is 29.6. The first kappa shape index (κ1) is 30.7. The summed E-state index contributed by atoms with van der Waals surface area (Å²) < 4.78 is 0. The van der Waals surface area contributed by atoms with Gasteiger partial charge in [0.15, 0.2) is 0 Å².